The third-order valence-electron chi connectivity index (χ3n) is 5.52. The summed E-state index contributed by atoms with van der Waals surface area (Å²) in [6.07, 6.45) is 5.23. The fourth-order valence-corrected chi connectivity index (χ4v) is 3.88. The van der Waals surface area contributed by atoms with Crippen molar-refractivity contribution in [2.75, 3.05) is 37.8 Å². The average Bonchev–Trinajstić information content (AvgIpc) is 2.89. The Labute approximate surface area is 204 Å². The molecule has 0 aliphatic carbocycles. The first-order valence-corrected chi connectivity index (χ1v) is 11.8. The molecule has 0 saturated carbocycles. The molecule has 9 heteroatoms. The van der Waals surface area contributed by atoms with Gasteiger partial charge >= 0.3 is 0 Å². The number of benzene rings is 1. The van der Waals surface area contributed by atoms with Crippen molar-refractivity contribution in [3.63, 3.8) is 0 Å². The van der Waals surface area contributed by atoms with Crippen LogP contribution in [0.1, 0.15) is 35.7 Å². The second kappa shape index (κ2) is 11.8. The summed E-state index contributed by atoms with van der Waals surface area (Å²) in [5.41, 5.74) is 2.69. The van der Waals surface area contributed by atoms with Crippen LogP contribution in [-0.4, -0.2) is 54.0 Å². The molecule has 1 fully saturated rings. The van der Waals surface area contributed by atoms with Gasteiger partial charge in [0.15, 0.2) is 0 Å². The van der Waals surface area contributed by atoms with Crippen molar-refractivity contribution >= 4 is 23.3 Å². The minimum atomic E-state index is -0.237. The standard InChI is InChI=1S/C25H28ClN5O3/c1-2-3-11-34-23-7-6-18(14-21(23)26)22-15-20(17-29-30-22)25(32)28-16-19-5-4-8-27-24(19)31-9-12-33-13-10-31/h4-8,14-15,17H,2-3,9-13,16H2,1H3,(H,28,32). The zero-order chi connectivity index (χ0) is 23.8. The van der Waals surface area contributed by atoms with E-state index in [0.717, 1.165) is 42.9 Å². The number of carbonyl (C=O) groups excluding carboxylic acids is 1. The van der Waals surface area contributed by atoms with E-state index in [2.05, 4.69) is 32.3 Å². The lowest BCUT2D eigenvalue weighted by molar-refractivity contribution is 0.0950. The van der Waals surface area contributed by atoms with E-state index in [-0.39, 0.29) is 5.91 Å². The minimum Gasteiger partial charge on any atom is -0.492 e. The molecule has 1 N–H and O–H groups in total. The first-order valence-electron chi connectivity index (χ1n) is 11.5. The molecule has 34 heavy (non-hydrogen) atoms. The van der Waals surface area contributed by atoms with Crippen molar-refractivity contribution in [3.05, 3.63) is 64.9 Å². The summed E-state index contributed by atoms with van der Waals surface area (Å²) >= 11 is 6.39. The van der Waals surface area contributed by atoms with Crippen LogP contribution in [0.2, 0.25) is 5.02 Å². The van der Waals surface area contributed by atoms with E-state index < -0.39 is 0 Å². The van der Waals surface area contributed by atoms with Crippen LogP contribution in [0.25, 0.3) is 11.3 Å². The van der Waals surface area contributed by atoms with E-state index in [9.17, 15) is 4.79 Å². The van der Waals surface area contributed by atoms with Gasteiger partial charge in [-0.05, 0) is 36.8 Å². The molecular formula is C25H28ClN5O3. The van der Waals surface area contributed by atoms with Crippen LogP contribution in [-0.2, 0) is 11.3 Å². The summed E-state index contributed by atoms with van der Waals surface area (Å²) in [6, 6.07) is 11.0. The monoisotopic (exact) mass is 481 g/mol. The highest BCUT2D eigenvalue weighted by atomic mass is 35.5. The van der Waals surface area contributed by atoms with Crippen LogP contribution < -0.4 is 15.0 Å². The molecule has 0 atom stereocenters. The summed E-state index contributed by atoms with van der Waals surface area (Å²) in [5, 5.41) is 11.7. The number of anilines is 1. The van der Waals surface area contributed by atoms with E-state index in [1.54, 1.807) is 18.3 Å². The first kappa shape index (κ1) is 23.9. The van der Waals surface area contributed by atoms with Crippen LogP contribution in [0.5, 0.6) is 5.75 Å². The molecular weight excluding hydrogens is 454 g/mol. The topological polar surface area (TPSA) is 89.5 Å². The Morgan fingerprint density at radius 2 is 2.09 bits per heavy atom. The van der Waals surface area contributed by atoms with Crippen molar-refractivity contribution in [1.29, 1.82) is 0 Å². The fourth-order valence-electron chi connectivity index (χ4n) is 3.64. The summed E-state index contributed by atoms with van der Waals surface area (Å²) in [5.74, 6) is 1.27. The van der Waals surface area contributed by atoms with Crippen LogP contribution >= 0.6 is 11.6 Å². The largest absolute Gasteiger partial charge is 0.492 e. The van der Waals surface area contributed by atoms with Crippen LogP contribution in [0, 0.1) is 0 Å². The third kappa shape index (κ3) is 6.01. The van der Waals surface area contributed by atoms with Gasteiger partial charge in [-0.1, -0.05) is 31.0 Å². The highest BCUT2D eigenvalue weighted by molar-refractivity contribution is 6.32. The fraction of sp³-hybridized carbons (Fsp3) is 0.360. The van der Waals surface area contributed by atoms with Gasteiger partial charge in [-0.2, -0.15) is 10.2 Å². The van der Waals surface area contributed by atoms with Gasteiger partial charge in [0.05, 0.1) is 42.3 Å². The second-order valence-corrected chi connectivity index (χ2v) is 8.35. The van der Waals surface area contributed by atoms with Gasteiger partial charge < -0.3 is 19.7 Å². The number of pyridine rings is 1. The van der Waals surface area contributed by atoms with E-state index in [1.807, 2.05) is 24.3 Å². The molecule has 178 valence electrons. The molecule has 1 saturated heterocycles. The van der Waals surface area contributed by atoms with E-state index in [1.165, 1.54) is 6.20 Å². The maximum Gasteiger partial charge on any atom is 0.253 e. The number of morpholine rings is 1. The Bertz CT molecular complexity index is 1120. The minimum absolute atomic E-state index is 0.237. The summed E-state index contributed by atoms with van der Waals surface area (Å²) in [6.45, 7) is 5.98. The average molecular weight is 482 g/mol. The molecule has 3 heterocycles. The third-order valence-corrected chi connectivity index (χ3v) is 5.81. The van der Waals surface area contributed by atoms with E-state index >= 15 is 0 Å². The molecule has 0 bridgehead atoms. The van der Waals surface area contributed by atoms with Crippen LogP contribution in [0.3, 0.4) is 0 Å². The van der Waals surface area contributed by atoms with Crippen molar-refractivity contribution < 1.29 is 14.3 Å². The molecule has 1 aliphatic rings. The van der Waals surface area contributed by atoms with Gasteiger partial charge in [0.25, 0.3) is 5.91 Å². The van der Waals surface area contributed by atoms with E-state index in [4.69, 9.17) is 21.1 Å². The zero-order valence-corrected chi connectivity index (χ0v) is 19.9. The number of unbranched alkanes of at least 4 members (excludes halogenated alkanes) is 1. The lowest BCUT2D eigenvalue weighted by Crippen LogP contribution is -2.37. The Hall–Kier alpha value is -3.23. The Morgan fingerprint density at radius 3 is 2.88 bits per heavy atom. The summed E-state index contributed by atoms with van der Waals surface area (Å²) in [7, 11) is 0. The molecule has 4 rings (SSSR count). The van der Waals surface area contributed by atoms with Crippen LogP contribution in [0.4, 0.5) is 5.82 Å². The van der Waals surface area contributed by atoms with Gasteiger partial charge in [-0.15, -0.1) is 0 Å². The number of carbonyl (C=O) groups is 1. The maximum atomic E-state index is 12.9. The Kier molecular flexibility index (Phi) is 8.27. The van der Waals surface area contributed by atoms with Crippen molar-refractivity contribution in [1.82, 2.24) is 20.5 Å². The quantitative estimate of drug-likeness (QED) is 0.459. The van der Waals surface area contributed by atoms with Crippen molar-refractivity contribution in [3.8, 4) is 17.0 Å². The normalized spacial score (nSPS) is 13.5. The van der Waals surface area contributed by atoms with Gasteiger partial charge in [0.1, 0.15) is 11.6 Å². The van der Waals surface area contributed by atoms with Crippen LogP contribution in [0.15, 0.2) is 48.8 Å². The number of aromatic nitrogens is 3. The Morgan fingerprint density at radius 1 is 1.24 bits per heavy atom. The van der Waals surface area contributed by atoms with Crippen molar-refractivity contribution in [2.24, 2.45) is 0 Å². The summed E-state index contributed by atoms with van der Waals surface area (Å²) in [4.78, 5) is 19.6. The summed E-state index contributed by atoms with van der Waals surface area (Å²) < 4.78 is 11.1. The number of halogens is 1. The van der Waals surface area contributed by atoms with Gasteiger partial charge in [0, 0.05) is 37.0 Å². The molecule has 0 radical (unpaired) electrons. The highest BCUT2D eigenvalue weighted by Gasteiger charge is 2.17. The molecule has 1 aliphatic heterocycles. The van der Waals surface area contributed by atoms with Gasteiger partial charge in [0.2, 0.25) is 0 Å². The number of rotatable bonds is 9. The molecule has 0 spiro atoms. The number of ether oxygens (including phenoxy) is 2. The van der Waals surface area contributed by atoms with Gasteiger partial charge in [-0.25, -0.2) is 4.98 Å². The first-order chi connectivity index (χ1) is 16.7. The maximum absolute atomic E-state index is 12.9. The Balaban J connectivity index is 1.43. The molecule has 2 aromatic heterocycles. The highest BCUT2D eigenvalue weighted by Crippen LogP contribution is 2.30. The SMILES string of the molecule is CCCCOc1ccc(-c2cc(C(=O)NCc3cccnc3N3CCOCC3)cnn2)cc1Cl. The molecule has 3 aromatic rings. The van der Waals surface area contributed by atoms with E-state index in [0.29, 0.717) is 48.4 Å². The molecule has 1 aromatic carbocycles. The molecule has 1 amide bonds. The predicted molar refractivity (Wildman–Crippen MR) is 131 cm³/mol. The zero-order valence-electron chi connectivity index (χ0n) is 19.2. The smallest absolute Gasteiger partial charge is 0.253 e. The van der Waals surface area contributed by atoms with Gasteiger partial charge in [-0.3, -0.25) is 4.79 Å². The second-order valence-electron chi connectivity index (χ2n) is 7.94. The number of nitrogens with one attached hydrogen (secondary N) is 1. The number of hydrogen-bond donors (Lipinski definition) is 1. The molecule has 0 unspecified atom stereocenters. The molecule has 8 nitrogen and oxygen atoms in total. The number of hydrogen-bond acceptors (Lipinski definition) is 7. The lowest BCUT2D eigenvalue weighted by atomic mass is 10.1. The lowest BCUT2D eigenvalue weighted by Gasteiger charge is -2.29. The number of nitrogens with zero attached hydrogens (tertiary/aromatic N) is 4. The van der Waals surface area contributed by atoms with Crippen molar-refractivity contribution in [2.45, 2.75) is 26.3 Å². The predicted octanol–water partition coefficient (Wildman–Crippen LogP) is 4.14. The number of amides is 1.